The van der Waals surface area contributed by atoms with Crippen LogP contribution in [0.4, 0.5) is 0 Å². The number of aliphatic hydroxyl groups is 2. The maximum Gasteiger partial charge on any atom is 0.472 e. The average molecular weight is 694 g/mol. The summed E-state index contributed by atoms with van der Waals surface area (Å²) in [7, 11) is 1.44. The lowest BCUT2D eigenvalue weighted by atomic mass is 9.99. The van der Waals surface area contributed by atoms with Gasteiger partial charge in [-0.3, -0.25) is 13.8 Å². The molecule has 282 valence electrons. The van der Waals surface area contributed by atoms with Gasteiger partial charge in [-0.05, 0) is 12.8 Å². The molecule has 0 spiro atoms. The molecule has 0 aromatic heterocycles. The van der Waals surface area contributed by atoms with Gasteiger partial charge in [-0.25, -0.2) is 4.57 Å². The van der Waals surface area contributed by atoms with Crippen molar-refractivity contribution in [2.24, 2.45) is 0 Å². The topological polar surface area (TPSA) is 125 Å². The van der Waals surface area contributed by atoms with Crippen LogP contribution in [0.5, 0.6) is 0 Å². The molecular formula is C37H78N2O7P+. The van der Waals surface area contributed by atoms with Gasteiger partial charge in [0.25, 0.3) is 0 Å². The lowest BCUT2D eigenvalue weighted by Gasteiger charge is -2.28. The summed E-state index contributed by atoms with van der Waals surface area (Å²) >= 11 is 0. The van der Waals surface area contributed by atoms with E-state index in [1.807, 2.05) is 21.1 Å². The van der Waals surface area contributed by atoms with E-state index in [1.165, 1.54) is 109 Å². The van der Waals surface area contributed by atoms with Crippen molar-refractivity contribution in [3.63, 3.8) is 0 Å². The molecule has 0 radical (unpaired) electrons. The lowest BCUT2D eigenvalue weighted by molar-refractivity contribution is -0.870. The normalized spacial score (nSPS) is 15.3. The summed E-state index contributed by atoms with van der Waals surface area (Å²) in [6.45, 7) is 4.58. The molecule has 0 aromatic carbocycles. The number of carbonyl (C=O) groups excluding carboxylic acids is 1. The standard InChI is InChI=1S/C37H77N2O7P/c1-6-8-10-12-14-16-18-20-21-23-25-27-29-35(40)37(42)34(33-46-47(43,44)45-32-31-39(3,4)5)38-36(41)30-28-26-24-22-19-17-15-13-11-9-7-2/h34-35,37,40,42H,6-33H2,1-5H3,(H-,38,41,43,44)/p+1. The molecule has 4 unspecified atom stereocenters. The first-order valence-corrected chi connectivity index (χ1v) is 21.0. The molecule has 47 heavy (non-hydrogen) atoms. The molecule has 10 heteroatoms. The quantitative estimate of drug-likeness (QED) is 0.0297. The third-order valence-electron chi connectivity index (χ3n) is 8.95. The Bertz CT molecular complexity index is 765. The second-order valence-electron chi connectivity index (χ2n) is 14.8. The van der Waals surface area contributed by atoms with E-state index >= 15 is 0 Å². The van der Waals surface area contributed by atoms with Crippen LogP contribution in [0.15, 0.2) is 0 Å². The van der Waals surface area contributed by atoms with Gasteiger partial charge in [-0.15, -0.1) is 0 Å². The summed E-state index contributed by atoms with van der Waals surface area (Å²) in [6, 6.07) is -1.02. The van der Waals surface area contributed by atoms with Crippen molar-refractivity contribution in [2.75, 3.05) is 40.9 Å². The minimum Gasteiger partial charge on any atom is -0.390 e. The number of rotatable bonds is 35. The van der Waals surface area contributed by atoms with Crippen LogP contribution in [0.1, 0.15) is 174 Å². The minimum absolute atomic E-state index is 0.0251. The highest BCUT2D eigenvalue weighted by molar-refractivity contribution is 7.47. The molecule has 0 heterocycles. The number of phosphoric acid groups is 1. The van der Waals surface area contributed by atoms with Gasteiger partial charge in [0, 0.05) is 6.42 Å². The Labute approximate surface area is 290 Å². The monoisotopic (exact) mass is 694 g/mol. The first-order chi connectivity index (χ1) is 22.4. The number of likely N-dealkylation sites (N-methyl/N-ethyl adjacent to an activating group) is 1. The van der Waals surface area contributed by atoms with Gasteiger partial charge >= 0.3 is 7.82 Å². The van der Waals surface area contributed by atoms with Crippen LogP contribution in [0, 0.1) is 0 Å². The Hall–Kier alpha value is -0.540. The van der Waals surface area contributed by atoms with E-state index in [0.717, 1.165) is 38.5 Å². The molecule has 0 saturated carbocycles. The maximum absolute atomic E-state index is 12.8. The number of aliphatic hydroxyl groups excluding tert-OH is 2. The molecular weight excluding hydrogens is 615 g/mol. The van der Waals surface area contributed by atoms with Gasteiger partial charge in [0.15, 0.2) is 0 Å². The number of nitrogens with one attached hydrogen (secondary N) is 1. The summed E-state index contributed by atoms with van der Waals surface area (Å²) in [5.74, 6) is -0.259. The smallest absolute Gasteiger partial charge is 0.390 e. The number of amides is 1. The van der Waals surface area contributed by atoms with Crippen molar-refractivity contribution in [3.8, 4) is 0 Å². The van der Waals surface area contributed by atoms with Gasteiger partial charge < -0.3 is 24.9 Å². The fourth-order valence-corrected chi connectivity index (χ4v) is 6.47. The van der Waals surface area contributed by atoms with Crippen LogP contribution < -0.4 is 5.32 Å². The van der Waals surface area contributed by atoms with Gasteiger partial charge in [-0.1, -0.05) is 155 Å². The predicted octanol–water partition coefficient (Wildman–Crippen LogP) is 8.83. The lowest BCUT2D eigenvalue weighted by Crippen LogP contribution is -2.51. The number of phosphoric ester groups is 1. The maximum atomic E-state index is 12.8. The van der Waals surface area contributed by atoms with E-state index < -0.39 is 32.7 Å². The molecule has 0 saturated heterocycles. The van der Waals surface area contributed by atoms with Gasteiger partial charge in [0.2, 0.25) is 5.91 Å². The first-order valence-electron chi connectivity index (χ1n) is 19.5. The van der Waals surface area contributed by atoms with E-state index in [-0.39, 0.29) is 12.5 Å². The zero-order valence-corrected chi connectivity index (χ0v) is 32.3. The number of nitrogens with zero attached hydrogens (tertiary/aromatic N) is 1. The summed E-state index contributed by atoms with van der Waals surface area (Å²) in [5, 5.41) is 24.5. The number of hydrogen-bond donors (Lipinski definition) is 4. The van der Waals surface area contributed by atoms with Crippen molar-refractivity contribution in [3.05, 3.63) is 0 Å². The Morgan fingerprint density at radius 2 is 1.06 bits per heavy atom. The third kappa shape index (κ3) is 31.2. The Morgan fingerprint density at radius 3 is 1.49 bits per heavy atom. The fraction of sp³-hybridized carbons (Fsp3) is 0.973. The second kappa shape index (κ2) is 30.3. The first kappa shape index (κ1) is 46.5. The van der Waals surface area contributed by atoms with E-state index in [4.69, 9.17) is 9.05 Å². The predicted molar refractivity (Wildman–Crippen MR) is 195 cm³/mol. The minimum atomic E-state index is -4.40. The second-order valence-corrected chi connectivity index (χ2v) is 16.3. The van der Waals surface area contributed by atoms with Crippen LogP contribution in [-0.2, 0) is 18.4 Å². The van der Waals surface area contributed by atoms with Gasteiger partial charge in [0.1, 0.15) is 19.3 Å². The van der Waals surface area contributed by atoms with Gasteiger partial charge in [0.05, 0.1) is 39.9 Å². The fourth-order valence-electron chi connectivity index (χ4n) is 5.73. The molecule has 0 aliphatic carbocycles. The molecule has 0 aliphatic rings. The van der Waals surface area contributed by atoms with Crippen molar-refractivity contribution >= 4 is 13.7 Å². The van der Waals surface area contributed by atoms with Crippen LogP contribution in [0.3, 0.4) is 0 Å². The van der Waals surface area contributed by atoms with Crippen LogP contribution in [0.2, 0.25) is 0 Å². The van der Waals surface area contributed by atoms with Gasteiger partial charge in [-0.2, -0.15) is 0 Å². The summed E-state index contributed by atoms with van der Waals surface area (Å²) in [6.07, 6.45) is 25.8. The molecule has 4 N–H and O–H groups in total. The zero-order chi connectivity index (χ0) is 35.2. The van der Waals surface area contributed by atoms with Crippen molar-refractivity contribution < 1.29 is 38.0 Å². The van der Waals surface area contributed by atoms with Crippen LogP contribution in [0.25, 0.3) is 0 Å². The number of unbranched alkanes of at least 4 members (excludes halogenated alkanes) is 21. The molecule has 9 nitrogen and oxygen atoms in total. The van der Waals surface area contributed by atoms with Crippen LogP contribution in [-0.4, -0.2) is 84.6 Å². The molecule has 4 atom stereocenters. The average Bonchev–Trinajstić information content (AvgIpc) is 3.01. The zero-order valence-electron chi connectivity index (χ0n) is 31.4. The highest BCUT2D eigenvalue weighted by Crippen LogP contribution is 2.43. The van der Waals surface area contributed by atoms with E-state index in [1.54, 1.807) is 0 Å². The SMILES string of the molecule is CCCCCCCCCCCCCCC(O)C(O)C(COP(=O)(O)OCC[N+](C)(C)C)NC(=O)CCCCCCCCCCCCC. The number of quaternary nitrogens is 1. The Morgan fingerprint density at radius 1 is 0.660 bits per heavy atom. The molecule has 0 rings (SSSR count). The van der Waals surface area contributed by atoms with Crippen molar-refractivity contribution in [1.29, 1.82) is 0 Å². The Kier molecular flexibility index (Phi) is 29.9. The van der Waals surface area contributed by atoms with Crippen molar-refractivity contribution in [2.45, 2.75) is 193 Å². The van der Waals surface area contributed by atoms with E-state index in [0.29, 0.717) is 23.9 Å². The third-order valence-corrected chi connectivity index (χ3v) is 9.93. The Balaban J connectivity index is 4.60. The highest BCUT2D eigenvalue weighted by Gasteiger charge is 2.31. The molecule has 1 amide bonds. The van der Waals surface area contributed by atoms with Crippen molar-refractivity contribution in [1.82, 2.24) is 5.32 Å². The van der Waals surface area contributed by atoms with E-state index in [2.05, 4.69) is 19.2 Å². The molecule has 0 aromatic rings. The van der Waals surface area contributed by atoms with Crippen LogP contribution >= 0.6 is 7.82 Å². The molecule has 0 fully saturated rings. The summed E-state index contributed by atoms with van der Waals surface area (Å²) in [5.41, 5.74) is 0. The molecule has 0 aliphatic heterocycles. The largest absolute Gasteiger partial charge is 0.472 e. The number of carbonyl (C=O) groups is 1. The number of hydrogen-bond acceptors (Lipinski definition) is 6. The van der Waals surface area contributed by atoms with E-state index in [9.17, 15) is 24.5 Å². The summed E-state index contributed by atoms with van der Waals surface area (Å²) in [4.78, 5) is 23.0. The highest BCUT2D eigenvalue weighted by atomic mass is 31.2. The molecule has 0 bridgehead atoms. The summed E-state index contributed by atoms with van der Waals surface area (Å²) < 4.78 is 23.4.